The van der Waals surface area contributed by atoms with Crippen LogP contribution in [0.2, 0.25) is 0 Å². The lowest BCUT2D eigenvalue weighted by Gasteiger charge is -2.22. The van der Waals surface area contributed by atoms with E-state index in [4.69, 9.17) is 22.5 Å². The molecular weight excluding hydrogens is 433 g/mol. The molecule has 0 unspecified atom stereocenters. The third-order valence-electron chi connectivity index (χ3n) is 4.72. The summed E-state index contributed by atoms with van der Waals surface area (Å²) in [5, 5.41) is 8.06. The average molecular weight is 453 g/mol. The van der Waals surface area contributed by atoms with Crippen molar-refractivity contribution in [2.75, 3.05) is 0 Å². The van der Waals surface area contributed by atoms with Gasteiger partial charge >= 0.3 is 0 Å². The quantitative estimate of drug-likeness (QED) is 0.320. The zero-order valence-electron chi connectivity index (χ0n) is 15.7. The molecule has 0 spiro atoms. The van der Waals surface area contributed by atoms with E-state index in [0.29, 0.717) is 0 Å². The summed E-state index contributed by atoms with van der Waals surface area (Å²) in [4.78, 5) is 0. The van der Waals surface area contributed by atoms with Crippen molar-refractivity contribution in [3.8, 4) is 0 Å². The van der Waals surface area contributed by atoms with Crippen molar-refractivity contribution >= 4 is 61.3 Å². The molecule has 29 heavy (non-hydrogen) atoms. The summed E-state index contributed by atoms with van der Waals surface area (Å²) in [6.07, 6.45) is -4.97. The molecule has 0 N–H and O–H groups in total. The lowest BCUT2D eigenvalue weighted by atomic mass is 10.4. The van der Waals surface area contributed by atoms with Crippen LogP contribution in [0.3, 0.4) is 0 Å². The molecule has 0 aliphatic rings. The molecular formula is C25H20Cl2P2. The molecule has 0 aliphatic carbocycles. The minimum atomic E-state index is -2.49. The van der Waals surface area contributed by atoms with Gasteiger partial charge in [-0.25, -0.2) is 0 Å². The number of halogens is 2. The van der Waals surface area contributed by atoms with Crippen molar-refractivity contribution in [1.82, 2.24) is 0 Å². The molecule has 0 aliphatic heterocycles. The Balaban J connectivity index is 2.21. The molecule has 4 rings (SSSR count). The Morgan fingerprint density at radius 3 is 0.793 bits per heavy atom. The zero-order chi connectivity index (χ0) is 20.2. The van der Waals surface area contributed by atoms with Crippen LogP contribution in [0.25, 0.3) is 0 Å². The van der Waals surface area contributed by atoms with Gasteiger partial charge in [0.2, 0.25) is 0 Å². The first-order valence-corrected chi connectivity index (χ1v) is 14.7. The summed E-state index contributed by atoms with van der Waals surface area (Å²) >= 11 is 15.0. The highest BCUT2D eigenvalue weighted by Crippen LogP contribution is 2.57. The SMILES string of the molecule is ClP(=C=P(Cl)(c1ccccc1)c1ccccc1)(c1ccccc1)c1ccccc1. The second-order valence-corrected chi connectivity index (χ2v) is 14.9. The number of benzene rings is 4. The van der Waals surface area contributed by atoms with Crippen molar-refractivity contribution in [1.29, 1.82) is 0 Å². The van der Waals surface area contributed by atoms with Crippen LogP contribution < -0.4 is 21.2 Å². The molecule has 0 fully saturated rings. The molecule has 4 aromatic rings. The van der Waals surface area contributed by atoms with Crippen LogP contribution in [0.5, 0.6) is 0 Å². The highest BCUT2D eigenvalue weighted by molar-refractivity contribution is 8.19. The first-order valence-electron chi connectivity index (χ1n) is 9.32. The van der Waals surface area contributed by atoms with E-state index in [2.05, 4.69) is 53.7 Å². The fourth-order valence-electron chi connectivity index (χ4n) is 3.25. The Bertz CT molecular complexity index is 1020. The highest BCUT2D eigenvalue weighted by Gasteiger charge is 2.25. The minimum absolute atomic E-state index is 1.06. The fraction of sp³-hybridized carbons (Fsp3) is 0. The lowest BCUT2D eigenvalue weighted by molar-refractivity contribution is 1.76. The monoisotopic (exact) mass is 452 g/mol. The van der Waals surface area contributed by atoms with Crippen molar-refractivity contribution < 1.29 is 0 Å². The second-order valence-electron chi connectivity index (χ2n) is 6.62. The normalized spacial score (nSPS) is 11.7. The second kappa shape index (κ2) is 8.85. The fourth-order valence-corrected chi connectivity index (χ4v) is 13.3. The number of hydrogen-bond acceptors (Lipinski definition) is 0. The smallest absolute Gasteiger partial charge is 0.0739 e. The van der Waals surface area contributed by atoms with E-state index in [-0.39, 0.29) is 0 Å². The first kappa shape index (κ1) is 20.4. The predicted molar refractivity (Wildman–Crippen MR) is 135 cm³/mol. The Kier molecular flexibility index (Phi) is 6.22. The van der Waals surface area contributed by atoms with Crippen LogP contribution >= 0.6 is 35.0 Å². The standard InChI is InChI=1S/C25H20Cl2P2/c26-28(22-13-5-1-6-14-22,23-15-7-2-8-16-23)21-29(27,24-17-9-3-10-18-24)25-19-11-4-12-20-25/h1-20H. The van der Waals surface area contributed by atoms with Gasteiger partial charge in [-0.15, -0.1) is 0 Å². The van der Waals surface area contributed by atoms with Gasteiger partial charge in [-0.05, 0) is 0 Å². The Hall–Kier alpha value is -1.90. The van der Waals surface area contributed by atoms with Gasteiger partial charge in [-0.2, -0.15) is 0 Å². The van der Waals surface area contributed by atoms with Gasteiger partial charge < -0.3 is 0 Å². The van der Waals surface area contributed by atoms with E-state index in [1.54, 1.807) is 0 Å². The summed E-state index contributed by atoms with van der Waals surface area (Å²) in [5.74, 6) is 0. The lowest BCUT2D eigenvalue weighted by Crippen LogP contribution is -2.16. The van der Waals surface area contributed by atoms with Crippen LogP contribution in [0.15, 0.2) is 121 Å². The Morgan fingerprint density at radius 2 is 0.586 bits per heavy atom. The van der Waals surface area contributed by atoms with Crippen LogP contribution in [0.1, 0.15) is 0 Å². The molecule has 0 radical (unpaired) electrons. The van der Waals surface area contributed by atoms with Crippen molar-refractivity contribution in [3.63, 3.8) is 0 Å². The van der Waals surface area contributed by atoms with Gasteiger partial charge in [0.1, 0.15) is 0 Å². The maximum atomic E-state index is 7.52. The summed E-state index contributed by atoms with van der Waals surface area (Å²) < 4.78 is 0. The van der Waals surface area contributed by atoms with Gasteiger partial charge in [0.05, 0.1) is 12.5 Å². The topological polar surface area (TPSA) is 0 Å². The van der Waals surface area contributed by atoms with Gasteiger partial charge in [0, 0.05) is 21.2 Å². The van der Waals surface area contributed by atoms with E-state index in [9.17, 15) is 0 Å². The Labute approximate surface area is 182 Å². The molecule has 144 valence electrons. The van der Waals surface area contributed by atoms with E-state index in [1.165, 1.54) is 0 Å². The van der Waals surface area contributed by atoms with Crippen molar-refractivity contribution in [2.45, 2.75) is 0 Å². The third-order valence-corrected chi connectivity index (χ3v) is 14.7. The summed E-state index contributed by atoms with van der Waals surface area (Å²) in [7, 11) is 0. The maximum absolute atomic E-state index is 7.52. The van der Waals surface area contributed by atoms with Crippen LogP contribution in [-0.2, 0) is 0 Å². The molecule has 0 saturated heterocycles. The molecule has 0 amide bonds. The van der Waals surface area contributed by atoms with Crippen LogP contribution in [-0.4, -0.2) is 5.17 Å². The molecule has 0 heterocycles. The zero-order valence-corrected chi connectivity index (χ0v) is 19.0. The largest absolute Gasteiger partial charge is 0.0828 e. The van der Waals surface area contributed by atoms with E-state index in [1.807, 2.05) is 72.8 Å². The van der Waals surface area contributed by atoms with E-state index >= 15 is 0 Å². The van der Waals surface area contributed by atoms with Crippen LogP contribution in [0, 0.1) is 0 Å². The molecule has 4 aromatic carbocycles. The molecule has 4 heteroatoms. The van der Waals surface area contributed by atoms with Crippen LogP contribution in [0.4, 0.5) is 0 Å². The Morgan fingerprint density at radius 1 is 0.379 bits per heavy atom. The van der Waals surface area contributed by atoms with Gasteiger partial charge in [-0.3, -0.25) is 0 Å². The molecule has 0 atom stereocenters. The first-order chi connectivity index (χ1) is 14.1. The number of rotatable bonds is 4. The molecule has 0 bridgehead atoms. The average Bonchev–Trinajstić information content (AvgIpc) is 2.81. The minimum Gasteiger partial charge on any atom is -0.0828 e. The summed E-state index contributed by atoms with van der Waals surface area (Å²) in [5.41, 5.74) is 0. The van der Waals surface area contributed by atoms with Crippen molar-refractivity contribution in [3.05, 3.63) is 121 Å². The molecule has 0 aromatic heterocycles. The number of hydrogen-bond donors (Lipinski definition) is 0. The van der Waals surface area contributed by atoms with Gasteiger partial charge in [0.15, 0.2) is 0 Å². The van der Waals surface area contributed by atoms with Gasteiger partial charge in [-0.1, -0.05) is 149 Å². The third kappa shape index (κ3) is 4.20. The van der Waals surface area contributed by atoms with Crippen molar-refractivity contribution in [2.24, 2.45) is 0 Å². The predicted octanol–water partition coefficient (Wildman–Crippen LogP) is 6.27. The van der Waals surface area contributed by atoms with E-state index < -0.39 is 12.5 Å². The summed E-state index contributed by atoms with van der Waals surface area (Å²) in [6, 6.07) is 40.9. The maximum Gasteiger partial charge on any atom is 0.0739 e. The molecule has 0 saturated carbocycles. The summed E-state index contributed by atoms with van der Waals surface area (Å²) in [6.45, 7) is 0. The van der Waals surface area contributed by atoms with E-state index in [0.717, 1.165) is 21.2 Å². The van der Waals surface area contributed by atoms with Gasteiger partial charge in [0.25, 0.3) is 0 Å². The molecule has 0 nitrogen and oxygen atoms in total. The highest BCUT2D eigenvalue weighted by atomic mass is 35.7.